The number of halogens is 1. The molecule has 0 saturated carbocycles. The number of thioether (sulfide) groups is 1. The molecule has 0 aromatic heterocycles. The fourth-order valence-electron chi connectivity index (χ4n) is 2.63. The minimum Gasteiger partial charge on any atom is -0.511 e. The number of aliphatic hydroxyl groups excluding tert-OH is 1. The third-order valence-electron chi connectivity index (χ3n) is 3.46. The second-order valence-corrected chi connectivity index (χ2v) is 7.32. The van der Waals surface area contributed by atoms with Crippen molar-refractivity contribution >= 4 is 34.9 Å². The Morgan fingerprint density at radius 2 is 2.32 bits per heavy atom. The second-order valence-electron chi connectivity index (χ2n) is 5.35. The molecule has 1 rings (SSSR count). The molecule has 124 valence electrons. The van der Waals surface area contributed by atoms with Crippen LogP contribution < -0.4 is 0 Å². The van der Waals surface area contributed by atoms with Crippen LogP contribution in [0.5, 0.6) is 0 Å². The number of ketones is 1. The Labute approximate surface area is 141 Å². The lowest BCUT2D eigenvalue weighted by atomic mass is 9.83. The summed E-state index contributed by atoms with van der Waals surface area (Å²) in [5.74, 6) is 1.35. The van der Waals surface area contributed by atoms with Crippen LogP contribution in [0.1, 0.15) is 40.0 Å². The average Bonchev–Trinajstić information content (AvgIpc) is 2.43. The van der Waals surface area contributed by atoms with Gasteiger partial charge in [0.1, 0.15) is 12.4 Å². The van der Waals surface area contributed by atoms with E-state index in [2.05, 4.69) is 19.0 Å². The predicted molar refractivity (Wildman–Crippen MR) is 93.7 cm³/mol. The van der Waals surface area contributed by atoms with Crippen LogP contribution in [0.4, 0.5) is 0 Å². The smallest absolute Gasteiger partial charge is 0.168 e. The summed E-state index contributed by atoms with van der Waals surface area (Å²) in [6.45, 7) is 6.20. The van der Waals surface area contributed by atoms with Gasteiger partial charge in [-0.15, -0.1) is 0 Å². The zero-order valence-corrected chi connectivity index (χ0v) is 14.9. The number of Topliss-reactive ketones (excluding diaryl/α,β-unsaturated/α-hetero) is 1. The summed E-state index contributed by atoms with van der Waals surface area (Å²) in [4.78, 5) is 17.3. The summed E-state index contributed by atoms with van der Waals surface area (Å²) >= 11 is 7.26. The Hall–Kier alpha value is -0.940. The van der Waals surface area contributed by atoms with E-state index in [1.165, 1.54) is 5.54 Å². The molecule has 0 amide bonds. The Balaban J connectivity index is 2.70. The molecule has 1 aliphatic rings. The largest absolute Gasteiger partial charge is 0.511 e. The average molecular weight is 346 g/mol. The summed E-state index contributed by atoms with van der Waals surface area (Å²) < 4.78 is 0. The molecule has 1 aliphatic carbocycles. The summed E-state index contributed by atoms with van der Waals surface area (Å²) in [6.07, 6.45) is 3.53. The summed E-state index contributed by atoms with van der Waals surface area (Å²) in [5.41, 5.74) is 2.06. The predicted octanol–water partition coefficient (Wildman–Crippen LogP) is 4.45. The van der Waals surface area contributed by atoms with Gasteiger partial charge in [0.05, 0.1) is 11.3 Å². The maximum absolute atomic E-state index is 12.3. The van der Waals surface area contributed by atoms with Crippen LogP contribution in [0.25, 0.3) is 0 Å². The van der Waals surface area contributed by atoms with Crippen LogP contribution in [-0.2, 0) is 9.63 Å². The first-order chi connectivity index (χ1) is 10.5. The number of allylic oxidation sites excluding steroid dienone is 2. The van der Waals surface area contributed by atoms with Crippen molar-refractivity contribution in [2.24, 2.45) is 11.1 Å². The molecule has 0 fully saturated rings. The number of aliphatic hydroxyl groups is 1. The van der Waals surface area contributed by atoms with E-state index in [0.717, 1.165) is 12.2 Å². The minimum absolute atomic E-state index is 0.0554. The Morgan fingerprint density at radius 1 is 1.59 bits per heavy atom. The highest BCUT2D eigenvalue weighted by Gasteiger charge is 2.30. The number of hydrogen-bond donors (Lipinski definition) is 1. The summed E-state index contributed by atoms with van der Waals surface area (Å²) in [6, 6.07) is 0. The van der Waals surface area contributed by atoms with E-state index in [1.807, 2.05) is 11.8 Å². The van der Waals surface area contributed by atoms with Gasteiger partial charge in [0.2, 0.25) is 0 Å². The molecule has 0 aliphatic heterocycles. The van der Waals surface area contributed by atoms with Crippen molar-refractivity contribution < 1.29 is 14.7 Å². The molecule has 6 heteroatoms. The fraction of sp³-hybridized carbons (Fsp3) is 0.625. The summed E-state index contributed by atoms with van der Waals surface area (Å²) in [5, 5.41) is 14.6. The van der Waals surface area contributed by atoms with Crippen LogP contribution in [0.15, 0.2) is 28.1 Å². The van der Waals surface area contributed by atoms with Crippen molar-refractivity contribution in [2.75, 3.05) is 12.4 Å². The lowest BCUT2D eigenvalue weighted by molar-refractivity contribution is -0.116. The molecule has 0 aromatic rings. The minimum atomic E-state index is -0.0554. The maximum atomic E-state index is 12.3. The van der Waals surface area contributed by atoms with Gasteiger partial charge in [-0.1, -0.05) is 30.6 Å². The van der Waals surface area contributed by atoms with E-state index in [0.29, 0.717) is 29.4 Å². The van der Waals surface area contributed by atoms with Gasteiger partial charge in [-0.2, -0.15) is 11.8 Å². The van der Waals surface area contributed by atoms with Crippen LogP contribution >= 0.6 is 23.4 Å². The molecule has 2 atom stereocenters. The van der Waals surface area contributed by atoms with Crippen molar-refractivity contribution in [3.8, 4) is 0 Å². The first-order valence-corrected chi connectivity index (χ1v) is 8.97. The third-order valence-corrected chi connectivity index (χ3v) is 4.74. The quantitative estimate of drug-likeness (QED) is 0.401. The molecule has 1 N–H and O–H groups in total. The van der Waals surface area contributed by atoms with Gasteiger partial charge in [-0.05, 0) is 31.1 Å². The van der Waals surface area contributed by atoms with Crippen LogP contribution in [0, 0.1) is 5.92 Å². The monoisotopic (exact) mass is 345 g/mol. The highest BCUT2D eigenvalue weighted by Crippen LogP contribution is 2.32. The SMILES string of the molecule is CCS[C@H](C)CC1CC(=O)C(C(C)=NOC/C=C/Cl)=C(O)C1. The van der Waals surface area contributed by atoms with Gasteiger partial charge in [0, 0.05) is 23.6 Å². The molecule has 1 unspecified atom stereocenters. The standard InChI is InChI=1S/C16H24ClNO3S/c1-4-22-11(2)8-13-9-14(19)16(15(20)10-13)12(3)18-21-7-5-6-17/h5-6,11,13,19H,4,7-10H2,1-3H3/b6-5+,18-12?/t11-,13?/m1/s1. The number of hydrogen-bond acceptors (Lipinski definition) is 5. The zero-order valence-electron chi connectivity index (χ0n) is 13.3. The van der Waals surface area contributed by atoms with E-state index < -0.39 is 0 Å². The van der Waals surface area contributed by atoms with Gasteiger partial charge in [-0.3, -0.25) is 4.79 Å². The topological polar surface area (TPSA) is 58.9 Å². The van der Waals surface area contributed by atoms with Gasteiger partial charge in [0.25, 0.3) is 0 Å². The molecule has 0 aromatic carbocycles. The molecule has 0 saturated heterocycles. The Kier molecular flexibility index (Phi) is 8.64. The zero-order chi connectivity index (χ0) is 16.5. The first kappa shape index (κ1) is 19.1. The highest BCUT2D eigenvalue weighted by atomic mass is 35.5. The number of oxime groups is 1. The fourth-order valence-corrected chi connectivity index (χ4v) is 3.68. The van der Waals surface area contributed by atoms with Crippen LogP contribution in [0.3, 0.4) is 0 Å². The molecule has 0 spiro atoms. The van der Waals surface area contributed by atoms with E-state index in [9.17, 15) is 9.90 Å². The van der Waals surface area contributed by atoms with Crippen LogP contribution in [0.2, 0.25) is 0 Å². The highest BCUT2D eigenvalue weighted by molar-refractivity contribution is 7.99. The molecule has 4 nitrogen and oxygen atoms in total. The first-order valence-electron chi connectivity index (χ1n) is 7.48. The molecular formula is C16H24ClNO3S. The molecule has 0 bridgehead atoms. The maximum Gasteiger partial charge on any atom is 0.168 e. The van der Waals surface area contributed by atoms with Crippen molar-refractivity contribution in [3.63, 3.8) is 0 Å². The lowest BCUT2D eigenvalue weighted by Gasteiger charge is -2.25. The molecule has 22 heavy (non-hydrogen) atoms. The number of carbonyl (C=O) groups excluding carboxylic acids is 1. The van der Waals surface area contributed by atoms with Crippen molar-refractivity contribution in [1.29, 1.82) is 0 Å². The normalized spacial score (nSPS) is 21.5. The van der Waals surface area contributed by atoms with E-state index in [-0.39, 0.29) is 24.1 Å². The molecule has 0 radical (unpaired) electrons. The number of carbonyl (C=O) groups is 1. The van der Waals surface area contributed by atoms with Crippen molar-refractivity contribution in [1.82, 2.24) is 0 Å². The van der Waals surface area contributed by atoms with Gasteiger partial charge in [0.15, 0.2) is 5.78 Å². The lowest BCUT2D eigenvalue weighted by Crippen LogP contribution is -2.25. The number of nitrogens with zero attached hydrogens (tertiary/aromatic N) is 1. The van der Waals surface area contributed by atoms with E-state index in [4.69, 9.17) is 16.4 Å². The second kappa shape index (κ2) is 9.95. The molecule has 0 heterocycles. The van der Waals surface area contributed by atoms with Crippen molar-refractivity contribution in [3.05, 3.63) is 22.9 Å². The molecular weight excluding hydrogens is 322 g/mol. The van der Waals surface area contributed by atoms with Crippen molar-refractivity contribution in [2.45, 2.75) is 45.3 Å². The Morgan fingerprint density at radius 3 is 2.91 bits per heavy atom. The van der Waals surface area contributed by atoms with Gasteiger partial charge >= 0.3 is 0 Å². The van der Waals surface area contributed by atoms with Gasteiger partial charge in [-0.25, -0.2) is 0 Å². The van der Waals surface area contributed by atoms with E-state index in [1.54, 1.807) is 13.0 Å². The summed E-state index contributed by atoms with van der Waals surface area (Å²) in [7, 11) is 0. The number of rotatable bonds is 8. The Bertz CT molecular complexity index is 474. The van der Waals surface area contributed by atoms with E-state index >= 15 is 0 Å². The third kappa shape index (κ3) is 6.05. The van der Waals surface area contributed by atoms with Gasteiger partial charge < -0.3 is 9.94 Å². The van der Waals surface area contributed by atoms with Crippen LogP contribution in [-0.4, -0.2) is 34.2 Å².